The van der Waals surface area contributed by atoms with Gasteiger partial charge in [0, 0.05) is 31.7 Å². The van der Waals surface area contributed by atoms with Crippen molar-refractivity contribution in [2.75, 3.05) is 26.7 Å². The Hall–Kier alpha value is -1.67. The molecule has 1 saturated heterocycles. The van der Waals surface area contributed by atoms with Crippen molar-refractivity contribution in [2.45, 2.75) is 26.5 Å². The summed E-state index contributed by atoms with van der Waals surface area (Å²) in [6.45, 7) is 6.18. The first-order valence-corrected chi connectivity index (χ1v) is 9.24. The van der Waals surface area contributed by atoms with Gasteiger partial charge in [0.1, 0.15) is 0 Å². The van der Waals surface area contributed by atoms with Gasteiger partial charge >= 0.3 is 0 Å². The number of guanidine groups is 1. The summed E-state index contributed by atoms with van der Waals surface area (Å²) >= 11 is 0. The van der Waals surface area contributed by atoms with Gasteiger partial charge in [-0.25, -0.2) is 0 Å². The molecule has 3 rings (SSSR count). The quantitative estimate of drug-likeness (QED) is 0.390. The minimum Gasteiger partial charge on any atom is -0.376 e. The number of halogens is 1. The molecule has 1 aliphatic rings. The van der Waals surface area contributed by atoms with E-state index in [0.29, 0.717) is 19.1 Å². The lowest BCUT2D eigenvalue weighted by Crippen LogP contribution is -2.40. The van der Waals surface area contributed by atoms with E-state index in [2.05, 4.69) is 44.5 Å². The number of ether oxygens (including phenoxy) is 1. The van der Waals surface area contributed by atoms with Crippen molar-refractivity contribution >= 4 is 29.9 Å². The molecule has 1 unspecified atom stereocenters. The van der Waals surface area contributed by atoms with Crippen molar-refractivity contribution < 1.29 is 4.74 Å². The number of hydrogen-bond acceptors (Lipinski definition) is 3. The van der Waals surface area contributed by atoms with Crippen molar-refractivity contribution in [3.63, 3.8) is 0 Å². The molecule has 0 saturated carbocycles. The van der Waals surface area contributed by atoms with Crippen LogP contribution in [0.4, 0.5) is 0 Å². The summed E-state index contributed by atoms with van der Waals surface area (Å²) in [5.41, 5.74) is 3.30. The summed E-state index contributed by atoms with van der Waals surface area (Å²) in [5, 5.41) is 3.43. The number of benzene rings is 1. The summed E-state index contributed by atoms with van der Waals surface area (Å²) in [6.07, 6.45) is 1.14. The van der Waals surface area contributed by atoms with Gasteiger partial charge in [-0.05, 0) is 31.0 Å². The molecule has 2 aromatic rings. The number of pyridine rings is 1. The van der Waals surface area contributed by atoms with Crippen molar-refractivity contribution in [1.29, 1.82) is 0 Å². The van der Waals surface area contributed by atoms with Crippen LogP contribution in [-0.2, 0) is 17.9 Å². The minimum absolute atomic E-state index is 0. The second-order valence-electron chi connectivity index (χ2n) is 6.77. The SMILES string of the molecule is CN=C(NCc1cccc(C)n1)N1CCC(COCc2ccccc2)C1.I. The topological polar surface area (TPSA) is 49.8 Å². The van der Waals surface area contributed by atoms with E-state index < -0.39 is 0 Å². The number of aryl methyl sites for hydroxylation is 1. The largest absolute Gasteiger partial charge is 0.376 e. The molecule has 1 aromatic carbocycles. The summed E-state index contributed by atoms with van der Waals surface area (Å²) in [5.74, 6) is 1.49. The second-order valence-corrected chi connectivity index (χ2v) is 6.77. The highest BCUT2D eigenvalue weighted by Crippen LogP contribution is 2.17. The molecule has 0 bridgehead atoms. The highest BCUT2D eigenvalue weighted by atomic mass is 127. The van der Waals surface area contributed by atoms with Crippen molar-refractivity contribution in [2.24, 2.45) is 10.9 Å². The zero-order chi connectivity index (χ0) is 18.2. The van der Waals surface area contributed by atoms with Crippen molar-refractivity contribution in [1.82, 2.24) is 15.2 Å². The van der Waals surface area contributed by atoms with E-state index in [0.717, 1.165) is 43.5 Å². The van der Waals surface area contributed by atoms with Gasteiger partial charge in [-0.1, -0.05) is 36.4 Å². The van der Waals surface area contributed by atoms with E-state index in [-0.39, 0.29) is 24.0 Å². The highest BCUT2D eigenvalue weighted by Gasteiger charge is 2.24. The van der Waals surface area contributed by atoms with Gasteiger partial charge in [-0.2, -0.15) is 0 Å². The summed E-state index contributed by atoms with van der Waals surface area (Å²) in [7, 11) is 1.84. The Labute approximate surface area is 179 Å². The molecule has 1 atom stereocenters. The van der Waals surface area contributed by atoms with Crippen molar-refractivity contribution in [3.8, 4) is 0 Å². The molecule has 0 amide bonds. The van der Waals surface area contributed by atoms with E-state index in [9.17, 15) is 0 Å². The molecule has 0 radical (unpaired) electrons. The third-order valence-electron chi connectivity index (χ3n) is 4.64. The molecule has 2 heterocycles. The summed E-state index contributed by atoms with van der Waals surface area (Å²) in [6, 6.07) is 16.4. The first kappa shape index (κ1) is 21.6. The Morgan fingerprint density at radius 2 is 2.04 bits per heavy atom. The number of nitrogens with zero attached hydrogens (tertiary/aromatic N) is 3. The number of likely N-dealkylation sites (tertiary alicyclic amines) is 1. The maximum Gasteiger partial charge on any atom is 0.193 e. The highest BCUT2D eigenvalue weighted by molar-refractivity contribution is 14.0. The fraction of sp³-hybridized carbons (Fsp3) is 0.429. The van der Waals surface area contributed by atoms with Crippen LogP contribution in [0.25, 0.3) is 0 Å². The van der Waals surface area contributed by atoms with Crippen LogP contribution in [0.15, 0.2) is 53.5 Å². The van der Waals surface area contributed by atoms with Crippen LogP contribution in [0.5, 0.6) is 0 Å². The van der Waals surface area contributed by atoms with E-state index in [1.807, 2.05) is 38.2 Å². The maximum absolute atomic E-state index is 5.91. The number of aliphatic imine (C=N–C) groups is 1. The normalized spacial score (nSPS) is 16.9. The fourth-order valence-electron chi connectivity index (χ4n) is 3.28. The second kappa shape index (κ2) is 11.2. The Bertz CT molecular complexity index is 723. The lowest BCUT2D eigenvalue weighted by Gasteiger charge is -2.21. The third kappa shape index (κ3) is 6.77. The van der Waals surface area contributed by atoms with Crippen LogP contribution in [-0.4, -0.2) is 42.6 Å². The first-order valence-electron chi connectivity index (χ1n) is 9.24. The Kier molecular flexibility index (Phi) is 9.00. The smallest absolute Gasteiger partial charge is 0.193 e. The number of hydrogen-bond donors (Lipinski definition) is 1. The molecule has 0 spiro atoms. The Morgan fingerprint density at radius 3 is 2.78 bits per heavy atom. The van der Waals surface area contributed by atoms with Crippen LogP contribution in [0.1, 0.15) is 23.4 Å². The van der Waals surface area contributed by atoms with Gasteiger partial charge in [-0.3, -0.25) is 9.98 Å². The molecule has 1 N–H and O–H groups in total. The molecule has 1 fully saturated rings. The summed E-state index contributed by atoms with van der Waals surface area (Å²) < 4.78 is 5.91. The lowest BCUT2D eigenvalue weighted by molar-refractivity contribution is 0.0906. The molecule has 1 aromatic heterocycles. The Morgan fingerprint density at radius 1 is 1.22 bits per heavy atom. The van der Waals surface area contributed by atoms with Crippen LogP contribution in [0, 0.1) is 12.8 Å². The van der Waals surface area contributed by atoms with Gasteiger partial charge in [0.2, 0.25) is 0 Å². The van der Waals surface area contributed by atoms with E-state index in [1.165, 1.54) is 5.56 Å². The van der Waals surface area contributed by atoms with Crippen LogP contribution in [0.3, 0.4) is 0 Å². The van der Waals surface area contributed by atoms with E-state index >= 15 is 0 Å². The van der Waals surface area contributed by atoms with Gasteiger partial charge in [0.15, 0.2) is 5.96 Å². The predicted octanol–water partition coefficient (Wildman–Crippen LogP) is 3.62. The van der Waals surface area contributed by atoms with Gasteiger partial charge in [0.05, 0.1) is 25.5 Å². The molecule has 27 heavy (non-hydrogen) atoms. The first-order chi connectivity index (χ1) is 12.7. The van der Waals surface area contributed by atoms with Gasteiger partial charge in [-0.15, -0.1) is 24.0 Å². The Balaban J connectivity index is 0.00000261. The molecule has 6 heteroatoms. The lowest BCUT2D eigenvalue weighted by atomic mass is 10.1. The molecule has 0 aliphatic carbocycles. The zero-order valence-electron chi connectivity index (χ0n) is 16.1. The maximum atomic E-state index is 5.91. The number of aromatic nitrogens is 1. The van der Waals surface area contributed by atoms with Crippen LogP contribution < -0.4 is 5.32 Å². The van der Waals surface area contributed by atoms with Crippen LogP contribution >= 0.6 is 24.0 Å². The standard InChI is InChI=1S/C21H28N4O.HI/c1-17-7-6-10-20(24-17)13-23-21(22-2)25-12-11-19(14-25)16-26-15-18-8-4-3-5-9-18;/h3-10,19H,11-16H2,1-2H3,(H,22,23);1H. The average molecular weight is 480 g/mol. The van der Waals surface area contributed by atoms with Crippen LogP contribution in [0.2, 0.25) is 0 Å². The number of rotatable bonds is 6. The zero-order valence-corrected chi connectivity index (χ0v) is 18.4. The number of nitrogens with one attached hydrogen (secondary N) is 1. The molecule has 146 valence electrons. The fourth-order valence-corrected chi connectivity index (χ4v) is 3.28. The predicted molar refractivity (Wildman–Crippen MR) is 120 cm³/mol. The van der Waals surface area contributed by atoms with E-state index in [4.69, 9.17) is 4.74 Å². The third-order valence-corrected chi connectivity index (χ3v) is 4.64. The van der Waals surface area contributed by atoms with Gasteiger partial charge < -0.3 is 15.0 Å². The molecular formula is C21H29IN4O. The monoisotopic (exact) mass is 480 g/mol. The summed E-state index contributed by atoms with van der Waals surface area (Å²) in [4.78, 5) is 11.3. The van der Waals surface area contributed by atoms with Crippen molar-refractivity contribution in [3.05, 3.63) is 65.5 Å². The molecule has 5 nitrogen and oxygen atoms in total. The molecular weight excluding hydrogens is 451 g/mol. The minimum atomic E-state index is 0. The van der Waals surface area contributed by atoms with E-state index in [1.54, 1.807) is 0 Å². The average Bonchev–Trinajstić information content (AvgIpc) is 3.12. The molecule has 1 aliphatic heterocycles. The van der Waals surface area contributed by atoms with Gasteiger partial charge in [0.25, 0.3) is 0 Å².